The Morgan fingerprint density at radius 3 is 2.59 bits per heavy atom. The lowest BCUT2D eigenvalue weighted by atomic mass is 9.99. The molecule has 9 heteroatoms. The van der Waals surface area contributed by atoms with E-state index in [0.29, 0.717) is 18.5 Å². The number of hydrogen-bond donors (Lipinski definition) is 1. The van der Waals surface area contributed by atoms with Crippen molar-refractivity contribution in [1.29, 1.82) is 0 Å². The Bertz CT molecular complexity index is 964. The van der Waals surface area contributed by atoms with Gasteiger partial charge in [-0.05, 0) is 66.5 Å². The van der Waals surface area contributed by atoms with Crippen molar-refractivity contribution < 1.29 is 18.0 Å². The van der Waals surface area contributed by atoms with E-state index in [0.717, 1.165) is 39.8 Å². The number of aromatic nitrogens is 1. The molecule has 2 heterocycles. The smallest absolute Gasteiger partial charge is 0.380 e. The molecular formula is C23H25ClF3N3OS. The Morgan fingerprint density at radius 2 is 1.97 bits per heavy atom. The van der Waals surface area contributed by atoms with Crippen LogP contribution in [0, 0.1) is 5.92 Å². The van der Waals surface area contributed by atoms with Crippen LogP contribution in [0.3, 0.4) is 0 Å². The fraction of sp³-hybridized carbons (Fsp3) is 0.478. The first-order chi connectivity index (χ1) is 15.2. The third-order valence-electron chi connectivity index (χ3n) is 6.19. The number of pyridine rings is 1. The van der Waals surface area contributed by atoms with E-state index in [2.05, 4.69) is 10.3 Å². The first-order valence-electron chi connectivity index (χ1n) is 10.6. The molecule has 1 aromatic heterocycles. The summed E-state index contributed by atoms with van der Waals surface area (Å²) in [5, 5.41) is 4.07. The summed E-state index contributed by atoms with van der Waals surface area (Å²) in [6.45, 7) is 0. The molecule has 2 atom stereocenters. The third kappa shape index (κ3) is 5.01. The van der Waals surface area contributed by atoms with Gasteiger partial charge in [-0.15, -0.1) is 0 Å². The number of anilines is 1. The van der Waals surface area contributed by atoms with E-state index < -0.39 is 18.1 Å². The Balaban J connectivity index is 1.47. The van der Waals surface area contributed by atoms with Crippen molar-refractivity contribution in [3.63, 3.8) is 0 Å². The summed E-state index contributed by atoms with van der Waals surface area (Å²) in [4.78, 5) is 17.7. The number of alkyl halides is 3. The van der Waals surface area contributed by atoms with Crippen LogP contribution < -0.4 is 5.32 Å². The predicted molar refractivity (Wildman–Crippen MR) is 122 cm³/mol. The second kappa shape index (κ2) is 9.51. The number of thioether (sulfide) groups is 1. The molecule has 0 spiro atoms. The normalized spacial score (nSPS) is 20.0. The minimum absolute atomic E-state index is 0.101. The number of hydrogen-bond acceptors (Lipinski definition) is 4. The minimum Gasteiger partial charge on any atom is -0.380 e. The number of nitrogens with zero attached hydrogens (tertiary/aromatic N) is 2. The van der Waals surface area contributed by atoms with Gasteiger partial charge in [0.15, 0.2) is 6.04 Å². The average molecular weight is 484 g/mol. The fourth-order valence-corrected chi connectivity index (χ4v) is 5.92. The zero-order chi connectivity index (χ0) is 22.9. The van der Waals surface area contributed by atoms with E-state index in [1.54, 1.807) is 17.8 Å². The van der Waals surface area contributed by atoms with E-state index in [1.807, 2.05) is 18.2 Å². The maximum absolute atomic E-state index is 13.9. The third-order valence-corrected chi connectivity index (χ3v) is 7.59. The molecule has 2 aliphatic rings. The summed E-state index contributed by atoms with van der Waals surface area (Å²) in [6.07, 6.45) is -0.433. The number of amides is 1. The summed E-state index contributed by atoms with van der Waals surface area (Å²) < 4.78 is 41.8. The SMILES string of the molecule is CN(C(=O)C1CCSCC1)C(c1ccc(NC2Cc3cccc(Cl)c3C2)cn1)C(F)(F)F. The van der Waals surface area contributed by atoms with Gasteiger partial charge in [0, 0.05) is 24.0 Å². The van der Waals surface area contributed by atoms with Crippen LogP contribution in [-0.4, -0.2) is 46.6 Å². The van der Waals surface area contributed by atoms with Crippen LogP contribution >= 0.6 is 23.4 Å². The second-order valence-electron chi connectivity index (χ2n) is 8.38. The maximum Gasteiger partial charge on any atom is 0.414 e. The van der Waals surface area contributed by atoms with Crippen LogP contribution in [0.15, 0.2) is 36.5 Å². The number of rotatable bonds is 5. The number of carbonyl (C=O) groups is 1. The van der Waals surface area contributed by atoms with E-state index in [-0.39, 0.29) is 17.7 Å². The Labute approximate surface area is 194 Å². The Morgan fingerprint density at radius 1 is 1.22 bits per heavy atom. The van der Waals surface area contributed by atoms with E-state index in [9.17, 15) is 18.0 Å². The highest BCUT2D eigenvalue weighted by Gasteiger charge is 2.47. The molecule has 1 saturated heterocycles. The van der Waals surface area contributed by atoms with Crippen molar-refractivity contribution in [3.05, 3.63) is 58.4 Å². The zero-order valence-corrected chi connectivity index (χ0v) is 19.2. The largest absolute Gasteiger partial charge is 0.414 e. The number of carbonyl (C=O) groups excluding carboxylic acids is 1. The van der Waals surface area contributed by atoms with Crippen molar-refractivity contribution >= 4 is 35.0 Å². The molecular weight excluding hydrogens is 459 g/mol. The molecule has 1 amide bonds. The van der Waals surface area contributed by atoms with Gasteiger partial charge >= 0.3 is 6.18 Å². The molecule has 0 bridgehead atoms. The van der Waals surface area contributed by atoms with E-state index in [1.165, 1.54) is 24.9 Å². The van der Waals surface area contributed by atoms with Crippen molar-refractivity contribution in [1.82, 2.24) is 9.88 Å². The van der Waals surface area contributed by atoms with Gasteiger partial charge in [-0.1, -0.05) is 23.7 Å². The van der Waals surface area contributed by atoms with Crippen molar-refractivity contribution in [2.75, 3.05) is 23.9 Å². The number of fused-ring (bicyclic) bond motifs is 1. The van der Waals surface area contributed by atoms with Gasteiger partial charge in [-0.3, -0.25) is 9.78 Å². The lowest BCUT2D eigenvalue weighted by Gasteiger charge is -2.33. The summed E-state index contributed by atoms with van der Waals surface area (Å²) in [7, 11) is 1.23. The van der Waals surface area contributed by atoms with E-state index in [4.69, 9.17) is 11.6 Å². The summed E-state index contributed by atoms with van der Waals surface area (Å²) in [5.74, 6) is 0.783. The topological polar surface area (TPSA) is 45.2 Å². The van der Waals surface area contributed by atoms with Crippen molar-refractivity contribution in [2.45, 2.75) is 43.9 Å². The van der Waals surface area contributed by atoms with Gasteiger partial charge in [0.25, 0.3) is 0 Å². The Kier molecular flexibility index (Phi) is 6.91. The minimum atomic E-state index is -4.61. The van der Waals surface area contributed by atoms with Crippen LogP contribution in [0.4, 0.5) is 18.9 Å². The fourth-order valence-electron chi connectivity index (χ4n) is 4.54. The van der Waals surface area contributed by atoms with Crippen LogP contribution in [0.1, 0.15) is 35.7 Å². The quantitative estimate of drug-likeness (QED) is 0.608. The maximum atomic E-state index is 13.9. The van der Waals surface area contributed by atoms with Gasteiger partial charge in [-0.25, -0.2) is 0 Å². The monoisotopic (exact) mass is 483 g/mol. The molecule has 0 saturated carbocycles. The van der Waals surface area contributed by atoms with Crippen LogP contribution in [0.2, 0.25) is 5.02 Å². The average Bonchev–Trinajstić information content (AvgIpc) is 3.18. The second-order valence-corrected chi connectivity index (χ2v) is 10.0. The van der Waals surface area contributed by atoms with Gasteiger partial charge in [0.2, 0.25) is 5.91 Å². The standard InChI is InChI=1S/C23H25ClF3N3OS/c1-30(22(31)14-7-9-32-10-8-14)21(23(25,26)27)20-6-5-16(13-28-20)29-17-11-15-3-2-4-19(24)18(15)12-17/h2-6,13-14,17,21,29H,7-12H2,1H3. The van der Waals surface area contributed by atoms with Gasteiger partial charge in [0.05, 0.1) is 17.6 Å². The molecule has 4 nitrogen and oxygen atoms in total. The highest BCUT2D eigenvalue weighted by atomic mass is 35.5. The summed E-state index contributed by atoms with van der Waals surface area (Å²) in [6, 6.07) is 6.81. The van der Waals surface area contributed by atoms with Crippen LogP contribution in [0.25, 0.3) is 0 Å². The predicted octanol–water partition coefficient (Wildman–Crippen LogP) is 5.52. The molecule has 172 valence electrons. The van der Waals surface area contributed by atoms with E-state index >= 15 is 0 Å². The molecule has 4 rings (SSSR count). The van der Waals surface area contributed by atoms with Crippen LogP contribution in [0.5, 0.6) is 0 Å². The van der Waals surface area contributed by atoms with Gasteiger partial charge < -0.3 is 10.2 Å². The zero-order valence-electron chi connectivity index (χ0n) is 17.7. The van der Waals surface area contributed by atoms with Gasteiger partial charge in [-0.2, -0.15) is 24.9 Å². The first-order valence-corrected chi connectivity index (χ1v) is 12.2. The van der Waals surface area contributed by atoms with Crippen molar-refractivity contribution in [2.24, 2.45) is 5.92 Å². The van der Waals surface area contributed by atoms with Crippen LogP contribution in [-0.2, 0) is 17.6 Å². The molecule has 1 N–H and O–H groups in total. The number of benzene rings is 1. The molecule has 1 aliphatic heterocycles. The molecule has 1 aromatic carbocycles. The summed E-state index contributed by atoms with van der Waals surface area (Å²) >= 11 is 8.00. The van der Waals surface area contributed by atoms with Crippen molar-refractivity contribution in [3.8, 4) is 0 Å². The highest BCUT2D eigenvalue weighted by molar-refractivity contribution is 7.99. The molecule has 2 unspecified atom stereocenters. The lowest BCUT2D eigenvalue weighted by Crippen LogP contribution is -2.43. The lowest BCUT2D eigenvalue weighted by molar-refractivity contribution is -0.191. The molecule has 0 radical (unpaired) electrons. The van der Waals surface area contributed by atoms with Gasteiger partial charge in [0.1, 0.15) is 0 Å². The highest BCUT2D eigenvalue weighted by Crippen LogP contribution is 2.38. The molecule has 2 aromatic rings. The number of halogens is 4. The number of nitrogens with one attached hydrogen (secondary N) is 1. The molecule has 1 fully saturated rings. The first kappa shape index (κ1) is 23.2. The molecule has 1 aliphatic carbocycles. The molecule has 32 heavy (non-hydrogen) atoms. The summed E-state index contributed by atoms with van der Waals surface area (Å²) in [5.41, 5.74) is 2.75. The Hall–Kier alpha value is -1.93.